The monoisotopic (exact) mass is 377 g/mol. The van der Waals surface area contributed by atoms with E-state index in [0.717, 1.165) is 5.56 Å². The van der Waals surface area contributed by atoms with Gasteiger partial charge < -0.3 is 14.2 Å². The summed E-state index contributed by atoms with van der Waals surface area (Å²) in [5.41, 5.74) is 1.13. The lowest BCUT2D eigenvalue weighted by atomic mass is 10.0. The maximum Gasteiger partial charge on any atom is 0.323 e. The van der Waals surface area contributed by atoms with Crippen LogP contribution in [0.25, 0.3) is 0 Å². The van der Waals surface area contributed by atoms with Gasteiger partial charge >= 0.3 is 11.9 Å². The van der Waals surface area contributed by atoms with Crippen LogP contribution >= 0.6 is 0 Å². The third-order valence-corrected chi connectivity index (χ3v) is 5.01. The number of esters is 2. The Kier molecular flexibility index (Phi) is 8.75. The Morgan fingerprint density at radius 1 is 1.11 bits per heavy atom. The fraction of sp³-hybridized carbons (Fsp3) is 0.619. The number of benzene rings is 1. The van der Waals surface area contributed by atoms with Gasteiger partial charge in [0.15, 0.2) is 0 Å². The molecule has 2 rings (SSSR count). The number of nitrogens with zero attached hydrogens (tertiary/aromatic N) is 1. The van der Waals surface area contributed by atoms with Crippen molar-refractivity contribution in [2.24, 2.45) is 5.92 Å². The van der Waals surface area contributed by atoms with E-state index in [1.807, 2.05) is 30.3 Å². The topological polar surface area (TPSA) is 65.1 Å². The van der Waals surface area contributed by atoms with Crippen molar-refractivity contribution in [3.05, 3.63) is 35.9 Å². The predicted octanol–water partition coefficient (Wildman–Crippen LogP) is 2.80. The van der Waals surface area contributed by atoms with Crippen LogP contribution in [0.1, 0.15) is 39.2 Å². The zero-order valence-electron chi connectivity index (χ0n) is 16.6. The highest BCUT2D eigenvalue weighted by Gasteiger charge is 2.42. The molecular weight excluding hydrogens is 346 g/mol. The van der Waals surface area contributed by atoms with Gasteiger partial charge in [-0.05, 0) is 38.7 Å². The van der Waals surface area contributed by atoms with Gasteiger partial charge in [0.25, 0.3) is 0 Å². The van der Waals surface area contributed by atoms with Gasteiger partial charge in [0.2, 0.25) is 0 Å². The van der Waals surface area contributed by atoms with Gasteiger partial charge in [-0.2, -0.15) is 0 Å². The predicted molar refractivity (Wildman–Crippen MR) is 102 cm³/mol. The molecule has 1 heterocycles. The molecule has 0 radical (unpaired) electrons. The first-order chi connectivity index (χ1) is 13.1. The standard InChI is InChI=1S/C21H31NO5/c1-4-26-20(23)11-12-22-16(3)18(13-19(22)21(24)27-5-2)15-25-14-17-9-7-6-8-10-17/h6-10,16,18-19H,4-5,11-15H2,1-3H3/t16-,18-,19+/m1/s1. The van der Waals surface area contributed by atoms with Gasteiger partial charge in [-0.3, -0.25) is 14.5 Å². The molecule has 0 saturated carbocycles. The zero-order chi connectivity index (χ0) is 19.6. The Morgan fingerprint density at radius 3 is 2.48 bits per heavy atom. The number of ether oxygens (including phenoxy) is 3. The molecule has 1 fully saturated rings. The van der Waals surface area contributed by atoms with E-state index in [1.165, 1.54) is 0 Å². The summed E-state index contributed by atoms with van der Waals surface area (Å²) in [6.45, 7) is 8.01. The fourth-order valence-corrected chi connectivity index (χ4v) is 3.57. The van der Waals surface area contributed by atoms with Crippen LogP contribution in [0.2, 0.25) is 0 Å². The highest BCUT2D eigenvalue weighted by Crippen LogP contribution is 2.31. The smallest absolute Gasteiger partial charge is 0.323 e. The molecule has 0 spiro atoms. The normalized spacial score (nSPS) is 22.6. The molecule has 0 amide bonds. The molecule has 0 aliphatic carbocycles. The van der Waals surface area contributed by atoms with Gasteiger partial charge in [0.1, 0.15) is 6.04 Å². The summed E-state index contributed by atoms with van der Waals surface area (Å²) in [5.74, 6) is -0.250. The number of hydrogen-bond donors (Lipinski definition) is 0. The summed E-state index contributed by atoms with van der Waals surface area (Å²) in [6.07, 6.45) is 0.948. The molecule has 1 aliphatic rings. The van der Waals surface area contributed by atoms with Crippen molar-refractivity contribution in [1.82, 2.24) is 4.90 Å². The first-order valence-electron chi connectivity index (χ1n) is 9.76. The zero-order valence-corrected chi connectivity index (χ0v) is 16.6. The Hall–Kier alpha value is -1.92. The molecule has 1 saturated heterocycles. The van der Waals surface area contributed by atoms with Crippen molar-refractivity contribution in [3.8, 4) is 0 Å². The first-order valence-corrected chi connectivity index (χ1v) is 9.76. The number of rotatable bonds is 10. The van der Waals surface area contributed by atoms with Crippen molar-refractivity contribution in [2.75, 3.05) is 26.4 Å². The van der Waals surface area contributed by atoms with E-state index < -0.39 is 0 Å². The van der Waals surface area contributed by atoms with Crippen molar-refractivity contribution >= 4 is 11.9 Å². The minimum Gasteiger partial charge on any atom is -0.466 e. The van der Waals surface area contributed by atoms with Crippen LogP contribution in [0, 0.1) is 5.92 Å². The molecule has 27 heavy (non-hydrogen) atoms. The fourth-order valence-electron chi connectivity index (χ4n) is 3.57. The summed E-state index contributed by atoms with van der Waals surface area (Å²) >= 11 is 0. The molecule has 150 valence electrons. The number of likely N-dealkylation sites (tertiary alicyclic amines) is 1. The third-order valence-electron chi connectivity index (χ3n) is 5.01. The van der Waals surface area contributed by atoms with Crippen LogP contribution < -0.4 is 0 Å². The van der Waals surface area contributed by atoms with Gasteiger partial charge in [0, 0.05) is 12.6 Å². The average molecular weight is 377 g/mol. The summed E-state index contributed by atoms with van der Waals surface area (Å²) in [5, 5.41) is 0. The van der Waals surface area contributed by atoms with Crippen LogP contribution in [0.5, 0.6) is 0 Å². The molecule has 0 aromatic heterocycles. The van der Waals surface area contributed by atoms with E-state index in [2.05, 4.69) is 11.8 Å². The molecule has 6 nitrogen and oxygen atoms in total. The van der Waals surface area contributed by atoms with E-state index in [-0.39, 0.29) is 36.4 Å². The third kappa shape index (κ3) is 6.33. The van der Waals surface area contributed by atoms with E-state index >= 15 is 0 Å². The average Bonchev–Trinajstić information content (AvgIpc) is 2.97. The summed E-state index contributed by atoms with van der Waals surface area (Å²) in [4.78, 5) is 26.2. The molecule has 0 bridgehead atoms. The lowest BCUT2D eigenvalue weighted by Crippen LogP contribution is -2.42. The number of hydrogen-bond acceptors (Lipinski definition) is 6. The van der Waals surface area contributed by atoms with Gasteiger partial charge in [0.05, 0.1) is 32.8 Å². The van der Waals surface area contributed by atoms with Crippen LogP contribution in [0.4, 0.5) is 0 Å². The van der Waals surface area contributed by atoms with Crippen molar-refractivity contribution in [1.29, 1.82) is 0 Å². The SMILES string of the molecule is CCOC(=O)CCN1[C@H](C)[C@@H](COCc2ccccc2)C[C@H]1C(=O)OCC. The van der Waals surface area contributed by atoms with Crippen molar-refractivity contribution < 1.29 is 23.8 Å². The van der Waals surface area contributed by atoms with Crippen LogP contribution in [-0.2, 0) is 30.4 Å². The minimum atomic E-state index is -0.334. The molecule has 1 aromatic rings. The van der Waals surface area contributed by atoms with Crippen molar-refractivity contribution in [3.63, 3.8) is 0 Å². The Morgan fingerprint density at radius 2 is 1.81 bits per heavy atom. The number of carbonyl (C=O) groups excluding carboxylic acids is 2. The maximum atomic E-state index is 12.4. The maximum absolute atomic E-state index is 12.4. The Labute approximate surface area is 161 Å². The second kappa shape index (κ2) is 11.0. The van der Waals surface area contributed by atoms with E-state index in [4.69, 9.17) is 14.2 Å². The molecule has 0 unspecified atom stereocenters. The highest BCUT2D eigenvalue weighted by atomic mass is 16.5. The Balaban J connectivity index is 1.93. The van der Waals surface area contributed by atoms with E-state index in [0.29, 0.717) is 39.4 Å². The van der Waals surface area contributed by atoms with E-state index in [1.54, 1.807) is 13.8 Å². The Bertz CT molecular complexity index is 591. The molecule has 1 aromatic carbocycles. The summed E-state index contributed by atoms with van der Waals surface area (Å²) in [6, 6.07) is 9.82. The molecule has 6 heteroatoms. The molecule has 0 N–H and O–H groups in total. The summed E-state index contributed by atoms with van der Waals surface area (Å²) < 4.78 is 16.2. The second-order valence-corrected chi connectivity index (χ2v) is 6.80. The van der Waals surface area contributed by atoms with Crippen LogP contribution in [0.3, 0.4) is 0 Å². The minimum absolute atomic E-state index is 0.129. The summed E-state index contributed by atoms with van der Waals surface area (Å²) in [7, 11) is 0. The largest absolute Gasteiger partial charge is 0.466 e. The van der Waals surface area contributed by atoms with Gasteiger partial charge in [-0.1, -0.05) is 30.3 Å². The lowest BCUT2D eigenvalue weighted by molar-refractivity contribution is -0.150. The lowest BCUT2D eigenvalue weighted by Gasteiger charge is -2.27. The molecular formula is C21H31NO5. The van der Waals surface area contributed by atoms with Gasteiger partial charge in [-0.15, -0.1) is 0 Å². The molecule has 3 atom stereocenters. The quantitative estimate of drug-likeness (QED) is 0.584. The van der Waals surface area contributed by atoms with Gasteiger partial charge in [-0.25, -0.2) is 0 Å². The molecule has 1 aliphatic heterocycles. The van der Waals surface area contributed by atoms with E-state index in [9.17, 15) is 9.59 Å². The first kappa shape index (κ1) is 21.4. The van der Waals surface area contributed by atoms with Crippen LogP contribution in [-0.4, -0.2) is 55.3 Å². The number of carbonyl (C=O) groups is 2. The highest BCUT2D eigenvalue weighted by molar-refractivity contribution is 5.76. The second-order valence-electron chi connectivity index (χ2n) is 6.80. The van der Waals surface area contributed by atoms with Crippen molar-refractivity contribution in [2.45, 2.75) is 52.3 Å². The van der Waals surface area contributed by atoms with Crippen LogP contribution in [0.15, 0.2) is 30.3 Å².